The van der Waals surface area contributed by atoms with Gasteiger partial charge in [-0.15, -0.1) is 0 Å². The number of esters is 1. The van der Waals surface area contributed by atoms with E-state index in [0.717, 1.165) is 49.1 Å². The van der Waals surface area contributed by atoms with E-state index >= 15 is 0 Å². The number of nitrogens with one attached hydrogen (secondary N) is 2. The summed E-state index contributed by atoms with van der Waals surface area (Å²) in [4.78, 5) is 30.6. The zero-order chi connectivity index (χ0) is 20.7. The number of amides is 2. The third kappa shape index (κ3) is 5.76. The number of aromatic nitrogens is 1. The van der Waals surface area contributed by atoms with Gasteiger partial charge in [0, 0.05) is 24.0 Å². The van der Waals surface area contributed by atoms with Gasteiger partial charge in [0.05, 0.1) is 18.7 Å². The predicted octanol–water partition coefficient (Wildman–Crippen LogP) is 4.70. The highest BCUT2D eigenvalue weighted by molar-refractivity contribution is 5.92. The first-order valence-corrected chi connectivity index (χ1v) is 10.7. The maximum atomic E-state index is 13.0. The van der Waals surface area contributed by atoms with Crippen LogP contribution in [0.15, 0.2) is 0 Å². The van der Waals surface area contributed by atoms with Crippen LogP contribution in [0.5, 0.6) is 0 Å². The van der Waals surface area contributed by atoms with Crippen LogP contribution >= 0.6 is 0 Å². The van der Waals surface area contributed by atoms with Gasteiger partial charge in [-0.2, -0.15) is 0 Å². The molecule has 1 fully saturated rings. The Morgan fingerprint density at radius 2 is 1.89 bits per heavy atom. The van der Waals surface area contributed by atoms with E-state index in [1.165, 1.54) is 6.42 Å². The molecule has 1 aromatic rings. The van der Waals surface area contributed by atoms with E-state index in [1.54, 1.807) is 0 Å². The van der Waals surface area contributed by atoms with Crippen LogP contribution in [0.4, 0.5) is 4.79 Å². The number of aromatic amines is 1. The monoisotopic (exact) mass is 391 g/mol. The summed E-state index contributed by atoms with van der Waals surface area (Å²) in [5.74, 6) is 0.259. The number of H-pyrrole nitrogens is 1. The minimum atomic E-state index is -0.300. The van der Waals surface area contributed by atoms with E-state index in [4.69, 9.17) is 4.74 Å². The highest BCUT2D eigenvalue weighted by atomic mass is 16.5. The van der Waals surface area contributed by atoms with E-state index in [0.29, 0.717) is 31.2 Å². The molecule has 0 atom stereocenters. The Bertz CT molecular complexity index is 660. The third-order valence-electron chi connectivity index (χ3n) is 5.62. The van der Waals surface area contributed by atoms with Gasteiger partial charge in [-0.25, -0.2) is 9.59 Å². The fourth-order valence-corrected chi connectivity index (χ4v) is 3.98. The van der Waals surface area contributed by atoms with Crippen LogP contribution in [0.2, 0.25) is 0 Å². The van der Waals surface area contributed by atoms with Gasteiger partial charge >= 0.3 is 12.0 Å². The van der Waals surface area contributed by atoms with Crippen molar-refractivity contribution in [3.05, 3.63) is 22.5 Å². The van der Waals surface area contributed by atoms with Gasteiger partial charge in [0.25, 0.3) is 0 Å². The lowest BCUT2D eigenvalue weighted by atomic mass is 9.94. The van der Waals surface area contributed by atoms with Crippen molar-refractivity contribution in [1.82, 2.24) is 15.2 Å². The smallest absolute Gasteiger partial charge is 0.340 e. The molecule has 28 heavy (non-hydrogen) atoms. The first-order valence-electron chi connectivity index (χ1n) is 10.7. The summed E-state index contributed by atoms with van der Waals surface area (Å²) in [6, 6.07) is 0.249. The van der Waals surface area contributed by atoms with Gasteiger partial charge in [0.1, 0.15) is 0 Å². The summed E-state index contributed by atoms with van der Waals surface area (Å²) in [7, 11) is 0. The molecule has 0 aliphatic heterocycles. The molecule has 2 rings (SSSR count). The average molecular weight is 392 g/mol. The Hall–Kier alpha value is -1.98. The van der Waals surface area contributed by atoms with Crippen LogP contribution < -0.4 is 5.32 Å². The predicted molar refractivity (Wildman–Crippen MR) is 111 cm³/mol. The molecule has 6 nitrogen and oxygen atoms in total. The van der Waals surface area contributed by atoms with E-state index in [2.05, 4.69) is 24.1 Å². The third-order valence-corrected chi connectivity index (χ3v) is 5.62. The standard InChI is InChI=1S/C22H37N3O3/c1-6-28-21(26)20-16(4)19(24-17(20)5)14-25(18-10-8-7-9-11-18)22(27)23-13-12-15(2)3/h15,18,24H,6-14H2,1-5H3,(H,23,27). The molecule has 1 heterocycles. The van der Waals surface area contributed by atoms with Crippen LogP contribution in [0.1, 0.15) is 86.6 Å². The molecule has 1 saturated carbocycles. The van der Waals surface area contributed by atoms with Crippen LogP contribution in [-0.4, -0.2) is 41.1 Å². The largest absolute Gasteiger partial charge is 0.462 e. The molecule has 0 saturated heterocycles. The molecule has 6 heteroatoms. The minimum absolute atomic E-state index is 0.00288. The van der Waals surface area contributed by atoms with E-state index < -0.39 is 0 Å². The second-order valence-electron chi connectivity index (χ2n) is 8.28. The van der Waals surface area contributed by atoms with Crippen molar-refractivity contribution in [3.63, 3.8) is 0 Å². The lowest BCUT2D eigenvalue weighted by molar-refractivity contribution is 0.0525. The highest BCUT2D eigenvalue weighted by Gasteiger charge is 2.28. The molecule has 0 unspecified atom stereocenters. The fraction of sp³-hybridized carbons (Fsp3) is 0.727. The lowest BCUT2D eigenvalue weighted by Gasteiger charge is -2.34. The maximum Gasteiger partial charge on any atom is 0.340 e. The van der Waals surface area contributed by atoms with Crippen molar-refractivity contribution in [2.45, 2.75) is 85.7 Å². The molecule has 0 spiro atoms. The minimum Gasteiger partial charge on any atom is -0.462 e. The van der Waals surface area contributed by atoms with Crippen molar-refractivity contribution in [2.24, 2.45) is 5.92 Å². The quantitative estimate of drug-likeness (QED) is 0.631. The Morgan fingerprint density at radius 3 is 2.50 bits per heavy atom. The van der Waals surface area contributed by atoms with Crippen molar-refractivity contribution >= 4 is 12.0 Å². The summed E-state index contributed by atoms with van der Waals surface area (Å²) in [5.41, 5.74) is 3.20. The molecule has 0 aromatic carbocycles. The number of carbonyl (C=O) groups excluding carboxylic acids is 2. The van der Waals surface area contributed by atoms with E-state index in [-0.39, 0.29) is 18.0 Å². The molecule has 2 N–H and O–H groups in total. The summed E-state index contributed by atoms with van der Waals surface area (Å²) < 4.78 is 5.20. The second-order valence-corrected chi connectivity index (χ2v) is 8.28. The molecule has 0 radical (unpaired) electrons. The van der Waals surface area contributed by atoms with Crippen molar-refractivity contribution < 1.29 is 14.3 Å². The summed E-state index contributed by atoms with van der Waals surface area (Å²) in [6.07, 6.45) is 6.63. The number of nitrogens with zero attached hydrogens (tertiary/aromatic N) is 1. The highest BCUT2D eigenvalue weighted by Crippen LogP contribution is 2.26. The van der Waals surface area contributed by atoms with Gasteiger partial charge in [-0.1, -0.05) is 33.1 Å². The lowest BCUT2D eigenvalue weighted by Crippen LogP contribution is -2.47. The van der Waals surface area contributed by atoms with Crippen molar-refractivity contribution in [3.8, 4) is 0 Å². The number of ether oxygens (including phenoxy) is 1. The molecule has 1 aromatic heterocycles. The zero-order valence-corrected chi connectivity index (χ0v) is 18.2. The molecular formula is C22H37N3O3. The summed E-state index contributed by atoms with van der Waals surface area (Å²) in [5, 5.41) is 3.10. The number of aryl methyl sites for hydroxylation is 1. The summed E-state index contributed by atoms with van der Waals surface area (Å²) >= 11 is 0. The number of hydrogen-bond acceptors (Lipinski definition) is 3. The fourth-order valence-electron chi connectivity index (χ4n) is 3.98. The van der Waals surface area contributed by atoms with Gasteiger partial charge < -0.3 is 19.9 Å². The molecular weight excluding hydrogens is 354 g/mol. The second kappa shape index (κ2) is 10.5. The Morgan fingerprint density at radius 1 is 1.21 bits per heavy atom. The number of hydrogen-bond donors (Lipinski definition) is 2. The van der Waals surface area contributed by atoms with Gasteiger partial charge in [-0.3, -0.25) is 0 Å². The first-order chi connectivity index (χ1) is 13.3. The average Bonchev–Trinajstić information content (AvgIpc) is 2.93. The van der Waals surface area contributed by atoms with E-state index in [9.17, 15) is 9.59 Å². The molecule has 1 aliphatic rings. The first kappa shape index (κ1) is 22.3. The van der Waals surface area contributed by atoms with Crippen molar-refractivity contribution in [1.29, 1.82) is 0 Å². The normalized spacial score (nSPS) is 14.9. The molecule has 0 bridgehead atoms. The Kier molecular flexibility index (Phi) is 8.39. The summed E-state index contributed by atoms with van der Waals surface area (Å²) in [6.45, 7) is 11.5. The van der Waals surface area contributed by atoms with Crippen LogP contribution in [-0.2, 0) is 11.3 Å². The van der Waals surface area contributed by atoms with E-state index in [1.807, 2.05) is 25.7 Å². The van der Waals surface area contributed by atoms with Crippen molar-refractivity contribution in [2.75, 3.05) is 13.2 Å². The number of urea groups is 1. The molecule has 2 amide bonds. The zero-order valence-electron chi connectivity index (χ0n) is 18.2. The Balaban J connectivity index is 2.18. The molecule has 158 valence electrons. The molecule has 1 aliphatic carbocycles. The maximum absolute atomic E-state index is 13.0. The van der Waals surface area contributed by atoms with Crippen LogP contribution in [0.25, 0.3) is 0 Å². The van der Waals surface area contributed by atoms with Crippen LogP contribution in [0, 0.1) is 19.8 Å². The van der Waals surface area contributed by atoms with Crippen LogP contribution in [0.3, 0.4) is 0 Å². The topological polar surface area (TPSA) is 74.4 Å². The SMILES string of the molecule is CCOC(=O)c1c(C)[nH]c(CN(C(=O)NCCC(C)C)C2CCCCC2)c1C. The Labute approximate surface area is 169 Å². The number of rotatable bonds is 8. The van der Waals surface area contributed by atoms with Gasteiger partial charge in [-0.05, 0) is 51.5 Å². The number of carbonyl (C=O) groups is 2. The van der Waals surface area contributed by atoms with Gasteiger partial charge in [0.2, 0.25) is 0 Å². The van der Waals surface area contributed by atoms with Gasteiger partial charge in [0.15, 0.2) is 0 Å².